The van der Waals surface area contributed by atoms with Gasteiger partial charge in [-0.25, -0.2) is 4.79 Å². The van der Waals surface area contributed by atoms with E-state index >= 15 is 0 Å². The number of carbonyl (C=O) groups excluding carboxylic acids is 1. The molecule has 2 aliphatic heterocycles. The van der Waals surface area contributed by atoms with E-state index in [1.165, 1.54) is 25.3 Å². The minimum atomic E-state index is -1.16. The van der Waals surface area contributed by atoms with E-state index in [4.69, 9.17) is 4.65 Å². The van der Waals surface area contributed by atoms with Crippen molar-refractivity contribution in [2.45, 2.75) is 50.8 Å². The average Bonchev–Trinajstić information content (AvgIpc) is 2.72. The summed E-state index contributed by atoms with van der Waals surface area (Å²) in [5, 5.41) is 22.8. The molecule has 0 spiro atoms. The first-order valence-electron chi connectivity index (χ1n) is 11.1. The van der Waals surface area contributed by atoms with Crippen molar-refractivity contribution in [2.24, 2.45) is 5.92 Å². The Balaban J connectivity index is 1.45. The van der Waals surface area contributed by atoms with Crippen molar-refractivity contribution in [3.8, 4) is 5.75 Å². The summed E-state index contributed by atoms with van der Waals surface area (Å²) in [5.41, 5.74) is 0.780. The number of hydrogen-bond acceptors (Lipinski definition) is 6. The number of para-hydroxylation sites is 1. The van der Waals surface area contributed by atoms with Crippen LogP contribution in [0.5, 0.6) is 5.75 Å². The summed E-state index contributed by atoms with van der Waals surface area (Å²) in [6.45, 7) is 3.40. The minimum absolute atomic E-state index is 0.0464. The molecule has 2 aliphatic rings. The molecule has 1 aromatic rings. The fourth-order valence-electron chi connectivity index (χ4n) is 4.60. The highest BCUT2D eigenvalue weighted by atomic mass is 16.5. The first-order chi connectivity index (χ1) is 14.5. The Kier molecular flexibility index (Phi) is 8.30. The second kappa shape index (κ2) is 10.9. The van der Waals surface area contributed by atoms with E-state index in [0.717, 1.165) is 44.0 Å². The van der Waals surface area contributed by atoms with Crippen LogP contribution in [0.4, 0.5) is 0 Å². The Hall–Kier alpha value is -1.90. The Morgan fingerprint density at radius 1 is 1.27 bits per heavy atom. The molecule has 0 radical (unpaired) electrons. The number of aromatic carboxylic acids is 1. The summed E-state index contributed by atoms with van der Waals surface area (Å²) in [5.74, 6) is -0.342. The van der Waals surface area contributed by atoms with Crippen molar-refractivity contribution in [1.82, 2.24) is 10.2 Å². The molecule has 1 aromatic carbocycles. The molecule has 0 saturated carbocycles. The summed E-state index contributed by atoms with van der Waals surface area (Å²) in [4.78, 5) is 26.2. The van der Waals surface area contributed by atoms with Gasteiger partial charge < -0.3 is 20.1 Å². The summed E-state index contributed by atoms with van der Waals surface area (Å²) in [6, 6.07) is 4.93. The van der Waals surface area contributed by atoms with Gasteiger partial charge in [0.15, 0.2) is 0 Å². The number of ketones is 1. The van der Waals surface area contributed by atoms with Crippen molar-refractivity contribution in [2.75, 3.05) is 33.2 Å². The highest BCUT2D eigenvalue weighted by molar-refractivity contribution is 6.47. The Bertz CT molecular complexity index is 736. The number of nitrogens with zero attached hydrogens (tertiary/aromatic N) is 1. The van der Waals surface area contributed by atoms with Crippen molar-refractivity contribution in [3.63, 3.8) is 0 Å². The van der Waals surface area contributed by atoms with Gasteiger partial charge in [0.05, 0.1) is 12.1 Å². The zero-order valence-electron chi connectivity index (χ0n) is 17.8. The number of benzene rings is 1. The molecule has 3 N–H and O–H groups in total. The molecular weight excluding hydrogens is 383 g/mol. The van der Waals surface area contributed by atoms with Crippen LogP contribution in [-0.4, -0.2) is 67.1 Å². The highest BCUT2D eigenvalue weighted by Crippen LogP contribution is 2.36. The van der Waals surface area contributed by atoms with Crippen LogP contribution in [0, 0.1) is 5.92 Å². The van der Waals surface area contributed by atoms with Crippen LogP contribution in [0.2, 0.25) is 5.82 Å². The van der Waals surface area contributed by atoms with Crippen molar-refractivity contribution in [3.05, 3.63) is 29.3 Å². The molecule has 1 fully saturated rings. The molecule has 8 heteroatoms. The second-order valence-corrected chi connectivity index (χ2v) is 8.63. The monoisotopic (exact) mass is 416 g/mol. The van der Waals surface area contributed by atoms with E-state index in [-0.39, 0.29) is 29.3 Å². The standard InChI is InChI=1S/C22H33BN2O5/c1-24-10-3-2-5-16-8-11-25(12-9-16)15-19(26)14-18-13-17-6-4-7-20(22(27)28)21(17)30-23(18)29/h4,6-7,16,18,24,29H,2-3,5,8-15H2,1H3,(H,27,28)/t18-/m1/s1. The number of piperidine rings is 1. The van der Waals surface area contributed by atoms with Gasteiger partial charge in [-0.2, -0.15) is 0 Å². The molecule has 0 aromatic heterocycles. The summed E-state index contributed by atoms with van der Waals surface area (Å²) >= 11 is 0. The van der Waals surface area contributed by atoms with Crippen LogP contribution in [-0.2, 0) is 11.2 Å². The first-order valence-corrected chi connectivity index (χ1v) is 11.1. The van der Waals surface area contributed by atoms with E-state index in [1.807, 2.05) is 7.05 Å². The lowest BCUT2D eigenvalue weighted by Crippen LogP contribution is -2.40. The average molecular weight is 416 g/mol. The third-order valence-electron chi connectivity index (χ3n) is 6.34. The zero-order valence-corrected chi connectivity index (χ0v) is 17.8. The van der Waals surface area contributed by atoms with Gasteiger partial charge >= 0.3 is 13.1 Å². The predicted octanol–water partition coefficient (Wildman–Crippen LogP) is 2.23. The number of Topliss-reactive ketones (excluding diaryl/α,β-unsaturated/α-hetero) is 1. The van der Waals surface area contributed by atoms with Gasteiger partial charge in [-0.15, -0.1) is 0 Å². The molecule has 30 heavy (non-hydrogen) atoms. The number of nitrogens with one attached hydrogen (secondary N) is 1. The molecule has 2 heterocycles. The molecule has 7 nitrogen and oxygen atoms in total. The Morgan fingerprint density at radius 2 is 2.03 bits per heavy atom. The number of fused-ring (bicyclic) bond motifs is 1. The maximum atomic E-state index is 12.6. The number of likely N-dealkylation sites (tertiary alicyclic amines) is 1. The van der Waals surface area contributed by atoms with Gasteiger partial charge in [-0.1, -0.05) is 25.0 Å². The van der Waals surface area contributed by atoms with E-state index in [1.54, 1.807) is 12.1 Å². The number of carboxylic acids is 1. The topological polar surface area (TPSA) is 99.1 Å². The smallest absolute Gasteiger partial charge is 0.526 e. The van der Waals surface area contributed by atoms with Gasteiger partial charge in [-0.05, 0) is 69.9 Å². The summed E-state index contributed by atoms with van der Waals surface area (Å²) in [7, 11) is 0.824. The Morgan fingerprint density at radius 3 is 2.73 bits per heavy atom. The summed E-state index contributed by atoms with van der Waals surface area (Å²) in [6.07, 6.45) is 6.72. The van der Waals surface area contributed by atoms with Crippen LogP contribution >= 0.6 is 0 Å². The quantitative estimate of drug-likeness (QED) is 0.397. The van der Waals surface area contributed by atoms with E-state index in [0.29, 0.717) is 13.0 Å². The first kappa shape index (κ1) is 22.8. The molecule has 0 bridgehead atoms. The van der Waals surface area contributed by atoms with Crippen molar-refractivity contribution < 1.29 is 24.4 Å². The maximum Gasteiger partial charge on any atom is 0.526 e. The maximum absolute atomic E-state index is 12.6. The van der Waals surface area contributed by atoms with Crippen molar-refractivity contribution in [1.29, 1.82) is 0 Å². The normalized spacial score (nSPS) is 19.9. The number of hydrogen-bond donors (Lipinski definition) is 3. The second-order valence-electron chi connectivity index (χ2n) is 8.63. The van der Waals surface area contributed by atoms with E-state index < -0.39 is 13.1 Å². The van der Waals surface area contributed by atoms with Crippen LogP contribution in [0.3, 0.4) is 0 Å². The SMILES string of the molecule is CNCCCCC1CCN(CC(=O)C[C@H]2Cc3cccc(C(=O)O)c3OB2O)CC1. The van der Waals surface area contributed by atoms with Crippen molar-refractivity contribution >= 4 is 18.9 Å². The lowest BCUT2D eigenvalue weighted by atomic mass is 9.64. The molecular formula is C22H33BN2O5. The fraction of sp³-hybridized carbons (Fsp3) is 0.636. The molecule has 1 atom stereocenters. The van der Waals surface area contributed by atoms with Crippen LogP contribution in [0.15, 0.2) is 18.2 Å². The number of rotatable bonds is 10. The van der Waals surface area contributed by atoms with Gasteiger partial charge in [0.1, 0.15) is 11.5 Å². The van der Waals surface area contributed by atoms with Gasteiger partial charge in [0, 0.05) is 12.2 Å². The van der Waals surface area contributed by atoms with Gasteiger partial charge in [-0.3, -0.25) is 9.69 Å². The lowest BCUT2D eigenvalue weighted by molar-refractivity contribution is -0.120. The van der Waals surface area contributed by atoms with Gasteiger partial charge in [0.25, 0.3) is 0 Å². The largest absolute Gasteiger partial charge is 0.535 e. The molecule has 1 saturated heterocycles. The number of carbonyl (C=O) groups is 2. The predicted molar refractivity (Wildman–Crippen MR) is 116 cm³/mol. The van der Waals surface area contributed by atoms with Crippen LogP contribution in [0.1, 0.15) is 54.4 Å². The zero-order chi connectivity index (χ0) is 21.5. The van der Waals surface area contributed by atoms with Crippen LogP contribution < -0.4 is 9.97 Å². The third-order valence-corrected chi connectivity index (χ3v) is 6.34. The molecule has 3 rings (SSSR count). The Labute approximate surface area is 178 Å². The fourth-order valence-corrected chi connectivity index (χ4v) is 4.60. The van der Waals surface area contributed by atoms with Gasteiger partial charge in [0.2, 0.25) is 0 Å². The number of carboxylic acid groups (broad SMARTS) is 1. The molecule has 0 unspecified atom stereocenters. The molecule has 164 valence electrons. The molecule has 0 amide bonds. The summed E-state index contributed by atoms with van der Waals surface area (Å²) < 4.78 is 5.50. The lowest BCUT2D eigenvalue weighted by Gasteiger charge is -2.32. The third kappa shape index (κ3) is 6.06. The number of unbranched alkanes of at least 4 members (excludes halogenated alkanes) is 1. The molecule has 0 aliphatic carbocycles. The minimum Gasteiger partial charge on any atom is -0.535 e. The van der Waals surface area contributed by atoms with E-state index in [2.05, 4.69) is 10.2 Å². The van der Waals surface area contributed by atoms with E-state index in [9.17, 15) is 19.7 Å². The highest BCUT2D eigenvalue weighted by Gasteiger charge is 2.38. The van der Waals surface area contributed by atoms with Crippen LogP contribution in [0.25, 0.3) is 0 Å².